The molecule has 61 heavy (non-hydrogen) atoms. The Hall–Kier alpha value is -2.11. The van der Waals surface area contributed by atoms with Crippen LogP contribution in [0.2, 0.25) is 0 Å². The zero-order chi connectivity index (χ0) is 45.6. The highest BCUT2D eigenvalue weighted by atomic mass is 16.4. The van der Waals surface area contributed by atoms with E-state index in [1.165, 1.54) is 4.90 Å². The van der Waals surface area contributed by atoms with Gasteiger partial charge in [0.25, 0.3) is 11.8 Å². The molecular formula is C42H75N3O16. The third-order valence-corrected chi connectivity index (χ3v) is 15.5. The highest BCUT2D eigenvalue weighted by Crippen LogP contribution is 2.68. The number of nitrogens with zero attached hydrogens (tertiary/aromatic N) is 1. The number of hydrogen-bond acceptors (Lipinski definition) is 16. The van der Waals surface area contributed by atoms with E-state index in [2.05, 4.69) is 31.4 Å². The molecule has 0 aromatic carbocycles. The second-order valence-electron chi connectivity index (χ2n) is 19.1. The van der Waals surface area contributed by atoms with Gasteiger partial charge in [0.1, 0.15) is 36.6 Å². The van der Waals surface area contributed by atoms with E-state index in [0.717, 1.165) is 25.7 Å². The van der Waals surface area contributed by atoms with Crippen LogP contribution < -0.4 is 10.6 Å². The van der Waals surface area contributed by atoms with Gasteiger partial charge in [0.05, 0.1) is 31.5 Å². The average Bonchev–Trinajstić information content (AvgIpc) is 3.61. The number of nitrogens with one attached hydrogen (secondary N) is 2. The molecule has 4 aliphatic rings. The van der Waals surface area contributed by atoms with Crippen LogP contribution in [0.4, 0.5) is 0 Å². The highest BCUT2D eigenvalue weighted by molar-refractivity contribution is 5.81. The summed E-state index contributed by atoms with van der Waals surface area (Å²) in [5.74, 6) is -1.73. The summed E-state index contributed by atoms with van der Waals surface area (Å²) in [5.41, 5.74) is -0.524. The Kier molecular flexibility index (Phi) is 18.7. The Bertz CT molecular complexity index is 1380. The van der Waals surface area contributed by atoms with Crippen LogP contribution in [-0.2, 0) is 14.4 Å². The van der Waals surface area contributed by atoms with Gasteiger partial charge in [-0.05, 0) is 111 Å². The first-order valence-corrected chi connectivity index (χ1v) is 22.2. The van der Waals surface area contributed by atoms with Crippen molar-refractivity contribution >= 4 is 17.7 Å². The summed E-state index contributed by atoms with van der Waals surface area (Å²) in [4.78, 5) is 40.3. The summed E-state index contributed by atoms with van der Waals surface area (Å²) in [6.07, 6.45) is -11.3. The Morgan fingerprint density at radius 2 is 1.23 bits per heavy atom. The summed E-state index contributed by atoms with van der Waals surface area (Å²) in [7, 11) is 0. The number of carbonyl (C=O) groups excluding carboxylic acids is 3. The number of rotatable bonds is 22. The molecular weight excluding hydrogens is 802 g/mol. The molecule has 19 atom stereocenters. The molecule has 0 aromatic heterocycles. The van der Waals surface area contributed by atoms with E-state index >= 15 is 0 Å². The van der Waals surface area contributed by atoms with Gasteiger partial charge in [0.2, 0.25) is 5.91 Å². The maximum absolute atomic E-state index is 13.9. The highest BCUT2D eigenvalue weighted by Gasteiger charge is 2.65. The second kappa shape index (κ2) is 22.2. The number of aliphatic hydroxyl groups is 13. The van der Waals surface area contributed by atoms with Crippen molar-refractivity contribution in [3.63, 3.8) is 0 Å². The van der Waals surface area contributed by atoms with Crippen LogP contribution in [0.15, 0.2) is 0 Å². The second-order valence-corrected chi connectivity index (χ2v) is 19.1. The predicted octanol–water partition coefficient (Wildman–Crippen LogP) is -3.92. The average molecular weight is 878 g/mol. The molecule has 3 amide bonds. The van der Waals surface area contributed by atoms with E-state index < -0.39 is 91.5 Å². The Balaban J connectivity index is 1.37. The molecule has 4 rings (SSSR count). The number of carbonyl (C=O) groups is 3. The third kappa shape index (κ3) is 11.4. The molecule has 4 saturated carbocycles. The summed E-state index contributed by atoms with van der Waals surface area (Å²) < 4.78 is 0. The lowest BCUT2D eigenvalue weighted by molar-refractivity contribution is -0.207. The van der Waals surface area contributed by atoms with E-state index in [-0.39, 0.29) is 98.4 Å². The van der Waals surface area contributed by atoms with Crippen molar-refractivity contribution in [3.8, 4) is 0 Å². The minimum atomic E-state index is -2.13. The monoisotopic (exact) mass is 878 g/mol. The van der Waals surface area contributed by atoms with Gasteiger partial charge in [0.15, 0.2) is 12.2 Å². The molecule has 0 aromatic rings. The third-order valence-electron chi connectivity index (χ3n) is 15.5. The van der Waals surface area contributed by atoms with Crippen molar-refractivity contribution in [2.75, 3.05) is 39.4 Å². The van der Waals surface area contributed by atoms with Crippen LogP contribution in [0.3, 0.4) is 0 Å². The first kappa shape index (κ1) is 51.5. The van der Waals surface area contributed by atoms with Gasteiger partial charge in [-0.2, -0.15) is 0 Å². The molecule has 0 saturated heterocycles. The number of hydrogen-bond donors (Lipinski definition) is 15. The first-order valence-electron chi connectivity index (χ1n) is 22.2. The minimum Gasteiger partial charge on any atom is -0.394 e. The van der Waals surface area contributed by atoms with E-state index in [1.807, 2.05) is 0 Å². The lowest BCUT2D eigenvalue weighted by atomic mass is 9.43. The maximum atomic E-state index is 13.9. The fourth-order valence-electron chi connectivity index (χ4n) is 11.7. The van der Waals surface area contributed by atoms with Crippen molar-refractivity contribution in [2.45, 2.75) is 159 Å². The maximum Gasteiger partial charge on any atom is 0.251 e. The number of fused-ring (bicyclic) bond motifs is 5. The zero-order valence-corrected chi connectivity index (χ0v) is 35.8. The fraction of sp³-hybridized carbons (Fsp3) is 0.929. The van der Waals surface area contributed by atoms with Crippen LogP contribution >= 0.6 is 0 Å². The van der Waals surface area contributed by atoms with Gasteiger partial charge < -0.3 is 81.9 Å². The van der Waals surface area contributed by atoms with Crippen LogP contribution in [0.1, 0.15) is 91.4 Å². The van der Waals surface area contributed by atoms with Crippen LogP contribution in [0.5, 0.6) is 0 Å². The molecule has 0 spiro atoms. The van der Waals surface area contributed by atoms with Crippen LogP contribution in [-0.4, -0.2) is 196 Å². The van der Waals surface area contributed by atoms with E-state index in [0.29, 0.717) is 25.7 Å². The van der Waals surface area contributed by atoms with Crippen molar-refractivity contribution in [1.29, 1.82) is 0 Å². The van der Waals surface area contributed by atoms with E-state index in [9.17, 15) is 70.6 Å². The largest absolute Gasteiger partial charge is 0.394 e. The standard InChI is InChI=1S/C42H75N3O16/c1-21(24-7-8-25-32-26(18-30(52)42(24,25)3)41(2)11-10-23(48)16-22(41)17-27(32)49)6-9-31(53)45(14-4-12-43-39(60)37(58)35(56)33(54)28(50)19-46)15-5-13-44-40(61)38(59)36(57)34(55)29(51)20-47/h21-30,32-38,46-52,54-59H,4-20H2,1-3H3,(H,43,60)(H,44,61)/t21-,22+,23-,24-,25?,26?,27-,28-,29-,30+,32-,33-,34-,35+,36+,37-,38-,41+,42-/m1/s1. The summed E-state index contributed by atoms with van der Waals surface area (Å²) >= 11 is 0. The molecule has 4 fully saturated rings. The van der Waals surface area contributed by atoms with Gasteiger partial charge in [-0.1, -0.05) is 20.8 Å². The van der Waals surface area contributed by atoms with Crippen molar-refractivity contribution in [2.24, 2.45) is 46.3 Å². The summed E-state index contributed by atoms with van der Waals surface area (Å²) in [5, 5.41) is 136. The van der Waals surface area contributed by atoms with Crippen molar-refractivity contribution in [3.05, 3.63) is 0 Å². The molecule has 2 unspecified atom stereocenters. The topological polar surface area (TPSA) is 342 Å². The van der Waals surface area contributed by atoms with Crippen LogP contribution in [0.25, 0.3) is 0 Å². The number of aliphatic hydroxyl groups excluding tert-OH is 13. The molecule has 19 nitrogen and oxygen atoms in total. The summed E-state index contributed by atoms with van der Waals surface area (Å²) in [6, 6.07) is 0. The van der Waals surface area contributed by atoms with Gasteiger partial charge >= 0.3 is 0 Å². The first-order chi connectivity index (χ1) is 28.6. The Morgan fingerprint density at radius 3 is 1.74 bits per heavy atom. The molecule has 0 aliphatic heterocycles. The molecule has 0 heterocycles. The molecule has 0 bridgehead atoms. The Morgan fingerprint density at radius 1 is 0.705 bits per heavy atom. The smallest absolute Gasteiger partial charge is 0.251 e. The lowest BCUT2D eigenvalue weighted by Crippen LogP contribution is -2.62. The molecule has 0 radical (unpaired) electrons. The molecule has 4 aliphatic carbocycles. The van der Waals surface area contributed by atoms with Crippen LogP contribution in [0, 0.1) is 46.3 Å². The zero-order valence-electron chi connectivity index (χ0n) is 35.8. The predicted molar refractivity (Wildman–Crippen MR) is 216 cm³/mol. The van der Waals surface area contributed by atoms with Gasteiger partial charge in [-0.25, -0.2) is 0 Å². The molecule has 15 N–H and O–H groups in total. The van der Waals surface area contributed by atoms with E-state index in [4.69, 9.17) is 10.2 Å². The van der Waals surface area contributed by atoms with Gasteiger partial charge in [-0.3, -0.25) is 14.4 Å². The van der Waals surface area contributed by atoms with Crippen molar-refractivity contribution in [1.82, 2.24) is 15.5 Å². The van der Waals surface area contributed by atoms with Crippen molar-refractivity contribution < 1.29 is 80.8 Å². The summed E-state index contributed by atoms with van der Waals surface area (Å²) in [6.45, 7) is 4.76. The Labute approximate surface area is 357 Å². The quantitative estimate of drug-likeness (QED) is 0.0462. The number of amides is 3. The molecule has 19 heteroatoms. The normalized spacial score (nSPS) is 35.5. The van der Waals surface area contributed by atoms with Gasteiger partial charge in [0, 0.05) is 32.6 Å². The van der Waals surface area contributed by atoms with E-state index in [1.54, 1.807) is 0 Å². The minimum absolute atomic E-state index is 0.0275. The fourth-order valence-corrected chi connectivity index (χ4v) is 11.7. The molecule has 354 valence electrons. The lowest BCUT2D eigenvalue weighted by Gasteiger charge is -2.63. The SMILES string of the molecule is C[C@H](CCC(=O)N(CCCNC(=O)[C@H](O)[C@@H](O)[C@H](O)[C@H](O)CO)CCCNC(=O)[C@H](O)[C@@H](O)[C@H](O)[C@H](O)CO)[C@H]1CCC2[C@@H]3C(C[C@H](O)[C@@]21C)[C@@]1(C)CC[C@@H](O)C[C@H]1C[C@H]3O. The van der Waals surface area contributed by atoms with Gasteiger partial charge in [-0.15, -0.1) is 0 Å².